The van der Waals surface area contributed by atoms with Crippen LogP contribution in [0.3, 0.4) is 0 Å². The van der Waals surface area contributed by atoms with Gasteiger partial charge in [0.25, 0.3) is 5.69 Å². The third-order valence-electron chi connectivity index (χ3n) is 2.65. The number of nitro benzene ring substituents is 1. The Balaban J connectivity index is 2.87. The first-order chi connectivity index (χ1) is 9.35. The van der Waals surface area contributed by atoms with Crippen LogP contribution in [0.25, 0.3) is 0 Å². The number of aliphatic carboxylic acids is 1. The highest BCUT2D eigenvalue weighted by molar-refractivity contribution is 5.91. The van der Waals surface area contributed by atoms with Crippen LogP contribution in [0.2, 0.25) is 0 Å². The maximum absolute atomic E-state index is 11.8. The second kappa shape index (κ2) is 6.50. The molecule has 0 bridgehead atoms. The minimum atomic E-state index is -1.13. The number of carboxylic acids is 1. The number of nitrogens with one attached hydrogen (secondary N) is 1. The van der Waals surface area contributed by atoms with Crippen LogP contribution in [-0.4, -0.2) is 40.0 Å². The molecule has 1 aromatic rings. The molecule has 0 saturated heterocycles. The lowest BCUT2D eigenvalue weighted by molar-refractivity contribution is -0.385. The number of carbonyl (C=O) groups excluding carboxylic acids is 1. The van der Waals surface area contributed by atoms with Crippen molar-refractivity contribution in [2.45, 2.75) is 13.8 Å². The summed E-state index contributed by atoms with van der Waals surface area (Å²) in [6, 6.07) is 3.66. The van der Waals surface area contributed by atoms with Crippen molar-refractivity contribution in [2.24, 2.45) is 0 Å². The zero-order valence-electron chi connectivity index (χ0n) is 11.1. The highest BCUT2D eigenvalue weighted by Gasteiger charge is 2.17. The van der Waals surface area contributed by atoms with Crippen LogP contribution >= 0.6 is 0 Å². The number of rotatable bonds is 5. The van der Waals surface area contributed by atoms with Gasteiger partial charge in [-0.3, -0.25) is 14.9 Å². The van der Waals surface area contributed by atoms with E-state index in [0.29, 0.717) is 5.56 Å². The van der Waals surface area contributed by atoms with E-state index in [2.05, 4.69) is 5.32 Å². The standard InChI is InChI=1S/C12H15N3O5/c1-3-14(7-11(16)17)12(18)13-9-5-4-8(2)10(6-9)15(19)20/h4-6H,3,7H2,1-2H3,(H,13,18)(H,16,17). The second-order valence-corrected chi connectivity index (χ2v) is 4.10. The highest BCUT2D eigenvalue weighted by atomic mass is 16.6. The fraction of sp³-hybridized carbons (Fsp3) is 0.333. The Morgan fingerprint density at radius 2 is 2.10 bits per heavy atom. The summed E-state index contributed by atoms with van der Waals surface area (Å²) in [5.74, 6) is -1.13. The molecule has 0 atom stereocenters. The van der Waals surface area contributed by atoms with Crippen molar-refractivity contribution in [1.29, 1.82) is 0 Å². The normalized spacial score (nSPS) is 9.90. The summed E-state index contributed by atoms with van der Waals surface area (Å²) >= 11 is 0. The lowest BCUT2D eigenvalue weighted by Gasteiger charge is -2.19. The molecule has 0 heterocycles. The van der Waals surface area contributed by atoms with Crippen molar-refractivity contribution in [3.05, 3.63) is 33.9 Å². The Morgan fingerprint density at radius 3 is 2.60 bits per heavy atom. The molecule has 0 unspecified atom stereocenters. The van der Waals surface area contributed by atoms with E-state index < -0.39 is 23.5 Å². The molecule has 20 heavy (non-hydrogen) atoms. The number of nitro groups is 1. The largest absolute Gasteiger partial charge is 0.480 e. The first kappa shape index (κ1) is 15.4. The van der Waals surface area contributed by atoms with E-state index in [-0.39, 0.29) is 17.9 Å². The van der Waals surface area contributed by atoms with Gasteiger partial charge in [0.1, 0.15) is 6.54 Å². The number of amides is 2. The third kappa shape index (κ3) is 3.94. The Labute approximate surface area is 115 Å². The van der Waals surface area contributed by atoms with Crippen LogP contribution in [0, 0.1) is 17.0 Å². The molecule has 0 aliphatic heterocycles. The zero-order chi connectivity index (χ0) is 15.3. The first-order valence-electron chi connectivity index (χ1n) is 5.88. The molecule has 0 saturated carbocycles. The maximum atomic E-state index is 11.8. The molecule has 1 aromatic carbocycles. The van der Waals surface area contributed by atoms with Gasteiger partial charge in [-0.15, -0.1) is 0 Å². The third-order valence-corrected chi connectivity index (χ3v) is 2.65. The summed E-state index contributed by atoms with van der Waals surface area (Å²) in [5.41, 5.74) is 0.617. The average Bonchev–Trinajstić information content (AvgIpc) is 2.37. The van der Waals surface area contributed by atoms with Gasteiger partial charge in [0.2, 0.25) is 0 Å². The number of nitrogens with zero attached hydrogens (tertiary/aromatic N) is 2. The van der Waals surface area contributed by atoms with Gasteiger partial charge in [0.05, 0.1) is 4.92 Å². The van der Waals surface area contributed by atoms with Crippen LogP contribution in [0.15, 0.2) is 18.2 Å². The predicted octanol–water partition coefficient (Wildman–Crippen LogP) is 1.84. The Hall–Kier alpha value is -2.64. The van der Waals surface area contributed by atoms with Crippen LogP contribution in [0.5, 0.6) is 0 Å². The van der Waals surface area contributed by atoms with Crippen molar-refractivity contribution < 1.29 is 19.6 Å². The van der Waals surface area contributed by atoms with Crippen LogP contribution in [0.4, 0.5) is 16.2 Å². The molecule has 0 aliphatic rings. The van der Waals surface area contributed by atoms with Gasteiger partial charge in [-0.1, -0.05) is 6.07 Å². The van der Waals surface area contributed by atoms with Gasteiger partial charge >= 0.3 is 12.0 Å². The second-order valence-electron chi connectivity index (χ2n) is 4.10. The SMILES string of the molecule is CCN(CC(=O)O)C(=O)Nc1ccc(C)c([N+](=O)[O-])c1. The quantitative estimate of drug-likeness (QED) is 0.631. The molecule has 0 spiro atoms. The van der Waals surface area contributed by atoms with Gasteiger partial charge < -0.3 is 15.3 Å². The zero-order valence-corrected chi connectivity index (χ0v) is 11.1. The molecule has 0 aromatic heterocycles. The van der Waals surface area contributed by atoms with E-state index >= 15 is 0 Å². The lowest BCUT2D eigenvalue weighted by Crippen LogP contribution is -2.38. The summed E-state index contributed by atoms with van der Waals surface area (Å²) in [6.07, 6.45) is 0. The van der Waals surface area contributed by atoms with Crippen LogP contribution in [-0.2, 0) is 4.79 Å². The van der Waals surface area contributed by atoms with Gasteiger partial charge in [-0.05, 0) is 19.9 Å². The van der Waals surface area contributed by atoms with Gasteiger partial charge in [-0.25, -0.2) is 4.79 Å². The number of aryl methyl sites for hydroxylation is 1. The van der Waals surface area contributed by atoms with E-state index in [4.69, 9.17) is 5.11 Å². The summed E-state index contributed by atoms with van der Waals surface area (Å²) in [5, 5.41) is 21.9. The monoisotopic (exact) mass is 281 g/mol. The fourth-order valence-electron chi connectivity index (χ4n) is 1.58. The fourth-order valence-corrected chi connectivity index (χ4v) is 1.58. The number of carbonyl (C=O) groups is 2. The summed E-state index contributed by atoms with van der Waals surface area (Å²) < 4.78 is 0. The highest BCUT2D eigenvalue weighted by Crippen LogP contribution is 2.22. The molecule has 0 radical (unpaired) electrons. The molecule has 0 fully saturated rings. The van der Waals surface area contributed by atoms with E-state index in [0.717, 1.165) is 4.90 Å². The van der Waals surface area contributed by atoms with Gasteiger partial charge in [0, 0.05) is 23.9 Å². The Morgan fingerprint density at radius 1 is 1.45 bits per heavy atom. The minimum absolute atomic E-state index is 0.107. The van der Waals surface area contributed by atoms with Crippen molar-refractivity contribution in [2.75, 3.05) is 18.4 Å². The van der Waals surface area contributed by atoms with Gasteiger partial charge in [-0.2, -0.15) is 0 Å². The molecular weight excluding hydrogens is 266 g/mol. The topological polar surface area (TPSA) is 113 Å². The molecule has 2 N–H and O–H groups in total. The number of anilines is 1. The molecule has 1 rings (SSSR count). The van der Waals surface area contributed by atoms with Crippen LogP contribution < -0.4 is 5.32 Å². The number of likely N-dealkylation sites (N-methyl/N-ethyl adjacent to an activating group) is 1. The smallest absolute Gasteiger partial charge is 0.323 e. The van der Waals surface area contributed by atoms with E-state index in [1.807, 2.05) is 0 Å². The molecule has 8 heteroatoms. The van der Waals surface area contributed by atoms with E-state index in [9.17, 15) is 19.7 Å². The minimum Gasteiger partial charge on any atom is -0.480 e. The van der Waals surface area contributed by atoms with Crippen LogP contribution in [0.1, 0.15) is 12.5 Å². The lowest BCUT2D eigenvalue weighted by atomic mass is 10.2. The summed E-state index contributed by atoms with van der Waals surface area (Å²) in [7, 11) is 0. The molecular formula is C12H15N3O5. The van der Waals surface area contributed by atoms with Crippen molar-refractivity contribution in [3.8, 4) is 0 Å². The Kier molecular flexibility index (Phi) is 5.01. The number of hydrogen-bond donors (Lipinski definition) is 2. The molecule has 2 amide bonds. The number of hydrogen-bond acceptors (Lipinski definition) is 4. The van der Waals surface area contributed by atoms with Crippen molar-refractivity contribution >= 4 is 23.4 Å². The average molecular weight is 281 g/mol. The number of urea groups is 1. The number of carboxylic acid groups (broad SMARTS) is 1. The predicted molar refractivity (Wildman–Crippen MR) is 71.7 cm³/mol. The van der Waals surface area contributed by atoms with Gasteiger partial charge in [0.15, 0.2) is 0 Å². The maximum Gasteiger partial charge on any atom is 0.323 e. The number of benzene rings is 1. The summed E-state index contributed by atoms with van der Waals surface area (Å²) in [6.45, 7) is 3.01. The molecule has 108 valence electrons. The molecule has 0 aliphatic carbocycles. The first-order valence-corrected chi connectivity index (χ1v) is 5.88. The van der Waals surface area contributed by atoms with Crippen molar-refractivity contribution in [1.82, 2.24) is 4.90 Å². The van der Waals surface area contributed by atoms with Crippen molar-refractivity contribution in [3.63, 3.8) is 0 Å². The Bertz CT molecular complexity index is 544. The van der Waals surface area contributed by atoms with E-state index in [1.54, 1.807) is 13.8 Å². The van der Waals surface area contributed by atoms with E-state index in [1.165, 1.54) is 18.2 Å². The summed E-state index contributed by atoms with van der Waals surface area (Å²) in [4.78, 5) is 33.8. The molecule has 8 nitrogen and oxygen atoms in total.